The Balaban J connectivity index is 1.62. The maximum atomic E-state index is 13.2. The van der Waals surface area contributed by atoms with Crippen molar-refractivity contribution in [2.75, 3.05) is 32.7 Å². The number of nitrogens with one attached hydrogen (secondary N) is 1. The Bertz CT molecular complexity index is 1100. The standard InChI is InChI=1S/C21H21ClFN3O4S/c1-2-9-24-31(29,30)17-6-3-15(4-7-17)20(27)25-10-12-26(13-11-25)21(28)18-8-5-16(23)14-19(18)22/h2-8,14,24H,1,9-13H2. The van der Waals surface area contributed by atoms with Crippen molar-refractivity contribution in [3.63, 3.8) is 0 Å². The largest absolute Gasteiger partial charge is 0.335 e. The average Bonchev–Trinajstić information content (AvgIpc) is 2.77. The Labute approximate surface area is 185 Å². The smallest absolute Gasteiger partial charge is 0.255 e. The summed E-state index contributed by atoms with van der Waals surface area (Å²) in [6.45, 7) is 4.79. The van der Waals surface area contributed by atoms with Crippen molar-refractivity contribution in [2.45, 2.75) is 4.90 Å². The highest BCUT2D eigenvalue weighted by Crippen LogP contribution is 2.20. The summed E-state index contributed by atoms with van der Waals surface area (Å²) in [4.78, 5) is 28.6. The molecule has 0 atom stereocenters. The molecule has 2 amide bonds. The number of hydrogen-bond acceptors (Lipinski definition) is 4. The summed E-state index contributed by atoms with van der Waals surface area (Å²) < 4.78 is 39.8. The number of piperazine rings is 1. The van der Waals surface area contributed by atoms with Gasteiger partial charge in [0.05, 0.1) is 15.5 Å². The lowest BCUT2D eigenvalue weighted by Gasteiger charge is -2.35. The zero-order valence-corrected chi connectivity index (χ0v) is 18.1. The van der Waals surface area contributed by atoms with E-state index in [1.54, 1.807) is 9.80 Å². The van der Waals surface area contributed by atoms with Crippen molar-refractivity contribution >= 4 is 33.4 Å². The first-order valence-corrected chi connectivity index (χ1v) is 11.3. The number of halogens is 2. The van der Waals surface area contributed by atoms with Crippen LogP contribution in [0.4, 0.5) is 4.39 Å². The van der Waals surface area contributed by atoms with Gasteiger partial charge in [-0.2, -0.15) is 0 Å². The number of hydrogen-bond donors (Lipinski definition) is 1. The van der Waals surface area contributed by atoms with Crippen LogP contribution in [0.5, 0.6) is 0 Å². The van der Waals surface area contributed by atoms with E-state index in [2.05, 4.69) is 11.3 Å². The molecular formula is C21H21ClFN3O4S. The van der Waals surface area contributed by atoms with Crippen molar-refractivity contribution in [1.82, 2.24) is 14.5 Å². The second-order valence-corrected chi connectivity index (χ2v) is 9.05. The third-order valence-electron chi connectivity index (χ3n) is 4.84. The van der Waals surface area contributed by atoms with Gasteiger partial charge in [-0.05, 0) is 42.5 Å². The van der Waals surface area contributed by atoms with Gasteiger partial charge >= 0.3 is 0 Å². The highest BCUT2D eigenvalue weighted by atomic mass is 35.5. The average molecular weight is 466 g/mol. The molecule has 0 aliphatic carbocycles. The topological polar surface area (TPSA) is 86.8 Å². The third kappa shape index (κ3) is 5.30. The number of rotatable bonds is 6. The van der Waals surface area contributed by atoms with Crippen molar-refractivity contribution in [1.29, 1.82) is 0 Å². The minimum Gasteiger partial charge on any atom is -0.335 e. The number of amides is 2. The fourth-order valence-electron chi connectivity index (χ4n) is 3.16. The van der Waals surface area contributed by atoms with E-state index in [0.29, 0.717) is 31.7 Å². The van der Waals surface area contributed by atoms with E-state index in [1.807, 2.05) is 0 Å². The number of sulfonamides is 1. The van der Waals surface area contributed by atoms with E-state index in [4.69, 9.17) is 11.6 Å². The molecule has 0 saturated carbocycles. The SMILES string of the molecule is C=CCNS(=O)(=O)c1ccc(C(=O)N2CCN(C(=O)c3ccc(F)cc3Cl)CC2)cc1. The molecule has 1 heterocycles. The first kappa shape index (κ1) is 22.9. The maximum absolute atomic E-state index is 13.2. The molecule has 2 aromatic carbocycles. The van der Waals surface area contributed by atoms with Gasteiger partial charge in [-0.15, -0.1) is 6.58 Å². The molecule has 1 N–H and O–H groups in total. The molecule has 0 aromatic heterocycles. The van der Waals surface area contributed by atoms with Crippen LogP contribution in [0.2, 0.25) is 5.02 Å². The van der Waals surface area contributed by atoms with Crippen LogP contribution >= 0.6 is 11.6 Å². The molecule has 2 aromatic rings. The summed E-state index contributed by atoms with van der Waals surface area (Å²) in [6.07, 6.45) is 1.43. The van der Waals surface area contributed by atoms with E-state index in [1.165, 1.54) is 42.5 Å². The monoisotopic (exact) mass is 465 g/mol. The van der Waals surface area contributed by atoms with E-state index in [0.717, 1.165) is 6.07 Å². The van der Waals surface area contributed by atoms with Crippen LogP contribution in [-0.4, -0.2) is 62.8 Å². The zero-order chi connectivity index (χ0) is 22.6. The maximum Gasteiger partial charge on any atom is 0.255 e. The summed E-state index contributed by atoms with van der Waals surface area (Å²) in [5.41, 5.74) is 0.564. The van der Waals surface area contributed by atoms with Gasteiger partial charge in [-0.1, -0.05) is 17.7 Å². The molecule has 1 fully saturated rings. The molecule has 31 heavy (non-hydrogen) atoms. The fourth-order valence-corrected chi connectivity index (χ4v) is 4.40. The number of carbonyl (C=O) groups is 2. The second-order valence-electron chi connectivity index (χ2n) is 6.87. The summed E-state index contributed by atoms with van der Waals surface area (Å²) in [7, 11) is -3.66. The first-order chi connectivity index (χ1) is 14.7. The second kappa shape index (κ2) is 9.59. The van der Waals surface area contributed by atoms with Gasteiger partial charge in [-0.25, -0.2) is 17.5 Å². The lowest BCUT2D eigenvalue weighted by atomic mass is 10.1. The van der Waals surface area contributed by atoms with Gasteiger partial charge in [-0.3, -0.25) is 9.59 Å². The lowest BCUT2D eigenvalue weighted by molar-refractivity contribution is 0.0535. The summed E-state index contributed by atoms with van der Waals surface area (Å²) >= 11 is 5.97. The molecule has 7 nitrogen and oxygen atoms in total. The summed E-state index contributed by atoms with van der Waals surface area (Å²) in [5.74, 6) is -1.10. The van der Waals surface area contributed by atoms with Crippen molar-refractivity contribution in [3.8, 4) is 0 Å². The predicted octanol–water partition coefficient (Wildman–Crippen LogP) is 2.54. The van der Waals surface area contributed by atoms with Gasteiger partial charge in [0.2, 0.25) is 10.0 Å². The quantitative estimate of drug-likeness (QED) is 0.664. The Morgan fingerprint density at radius 3 is 2.16 bits per heavy atom. The van der Waals surface area contributed by atoms with Crippen molar-refractivity contribution < 1.29 is 22.4 Å². The molecular weight excluding hydrogens is 445 g/mol. The minimum absolute atomic E-state index is 0.0427. The lowest BCUT2D eigenvalue weighted by Crippen LogP contribution is -2.50. The van der Waals surface area contributed by atoms with E-state index >= 15 is 0 Å². The number of carbonyl (C=O) groups excluding carboxylic acids is 2. The van der Waals surface area contributed by atoms with Gasteiger partial charge in [0, 0.05) is 38.3 Å². The molecule has 0 spiro atoms. The Morgan fingerprint density at radius 1 is 1.03 bits per heavy atom. The normalized spacial score (nSPS) is 14.4. The van der Waals surface area contributed by atoms with Crippen molar-refractivity contribution in [3.05, 3.63) is 77.1 Å². The highest BCUT2D eigenvalue weighted by Gasteiger charge is 2.27. The molecule has 0 unspecified atom stereocenters. The Kier molecular flexibility index (Phi) is 7.09. The Hall–Kier alpha value is -2.75. The number of nitrogens with zero attached hydrogens (tertiary/aromatic N) is 2. The van der Waals surface area contributed by atoms with Crippen molar-refractivity contribution in [2.24, 2.45) is 0 Å². The van der Waals surface area contributed by atoms with Gasteiger partial charge in [0.25, 0.3) is 11.8 Å². The molecule has 0 bridgehead atoms. The number of benzene rings is 2. The Morgan fingerprint density at radius 2 is 1.61 bits per heavy atom. The summed E-state index contributed by atoms with van der Waals surface area (Å²) in [5, 5.41) is 0.0427. The molecule has 0 radical (unpaired) electrons. The van der Waals surface area contributed by atoms with E-state index in [-0.39, 0.29) is 33.8 Å². The minimum atomic E-state index is -3.66. The zero-order valence-electron chi connectivity index (χ0n) is 16.6. The van der Waals surface area contributed by atoms with Crippen LogP contribution in [0.1, 0.15) is 20.7 Å². The van der Waals surface area contributed by atoms with Crippen LogP contribution in [0.3, 0.4) is 0 Å². The molecule has 1 saturated heterocycles. The van der Waals surface area contributed by atoms with E-state index < -0.39 is 15.8 Å². The van der Waals surface area contributed by atoms with Crippen LogP contribution < -0.4 is 4.72 Å². The van der Waals surface area contributed by atoms with Crippen LogP contribution in [0.25, 0.3) is 0 Å². The van der Waals surface area contributed by atoms with Crippen LogP contribution in [0, 0.1) is 5.82 Å². The van der Waals surface area contributed by atoms with E-state index in [9.17, 15) is 22.4 Å². The molecule has 10 heteroatoms. The summed E-state index contributed by atoms with van der Waals surface area (Å²) in [6, 6.07) is 9.27. The van der Waals surface area contributed by atoms with Gasteiger partial charge in [0.1, 0.15) is 5.82 Å². The van der Waals surface area contributed by atoms with Crippen LogP contribution in [-0.2, 0) is 10.0 Å². The molecule has 1 aliphatic rings. The first-order valence-electron chi connectivity index (χ1n) is 9.47. The fraction of sp³-hybridized carbons (Fsp3) is 0.238. The van der Waals surface area contributed by atoms with Gasteiger partial charge < -0.3 is 9.80 Å². The molecule has 3 rings (SSSR count). The predicted molar refractivity (Wildman–Crippen MR) is 115 cm³/mol. The van der Waals surface area contributed by atoms with Gasteiger partial charge in [0.15, 0.2) is 0 Å². The third-order valence-corrected chi connectivity index (χ3v) is 6.60. The molecule has 164 valence electrons. The highest BCUT2D eigenvalue weighted by molar-refractivity contribution is 7.89. The molecule has 1 aliphatic heterocycles. The van der Waals surface area contributed by atoms with Crippen LogP contribution in [0.15, 0.2) is 60.0 Å².